The van der Waals surface area contributed by atoms with Gasteiger partial charge in [-0.2, -0.15) is 0 Å². The molecule has 0 saturated carbocycles. The summed E-state index contributed by atoms with van der Waals surface area (Å²) in [6, 6.07) is 13.0. The molecule has 0 amide bonds. The number of non-ortho nitro benzene ring substituents is 1. The molecule has 0 spiro atoms. The standard InChI is InChI=1S/C20H18N2O8/c1-2-29-20(24)18(30-19(23)14-7-4-3-5-8-14)12-16(13-21(25)26)15-9-6-10-17(11-15)22(27)28/h3-12,16H,2,13H2,1H3/b18-12-/t16-/m0/s1. The second-order valence-corrected chi connectivity index (χ2v) is 5.98. The Hall–Kier alpha value is -4.08. The minimum Gasteiger partial charge on any atom is -0.460 e. The zero-order valence-electron chi connectivity index (χ0n) is 15.9. The van der Waals surface area contributed by atoms with Gasteiger partial charge < -0.3 is 9.47 Å². The summed E-state index contributed by atoms with van der Waals surface area (Å²) in [4.78, 5) is 45.5. The van der Waals surface area contributed by atoms with Gasteiger partial charge in [-0.05, 0) is 30.7 Å². The Bertz CT molecular complexity index is 972. The number of nitrogens with zero attached hydrogens (tertiary/aromatic N) is 2. The number of rotatable bonds is 9. The van der Waals surface area contributed by atoms with Crippen LogP contribution in [0.25, 0.3) is 0 Å². The van der Waals surface area contributed by atoms with Crippen molar-refractivity contribution < 1.29 is 28.9 Å². The number of ether oxygens (including phenoxy) is 2. The number of nitro benzene ring substituents is 1. The van der Waals surface area contributed by atoms with E-state index in [9.17, 15) is 29.8 Å². The fourth-order valence-corrected chi connectivity index (χ4v) is 2.55. The largest absolute Gasteiger partial charge is 0.460 e. The molecular formula is C20H18N2O8. The number of carbonyl (C=O) groups is 2. The van der Waals surface area contributed by atoms with Crippen molar-refractivity contribution in [1.29, 1.82) is 0 Å². The summed E-state index contributed by atoms with van der Waals surface area (Å²) in [5.41, 5.74) is 0.0977. The molecule has 2 aromatic rings. The van der Waals surface area contributed by atoms with Crippen LogP contribution in [-0.2, 0) is 14.3 Å². The van der Waals surface area contributed by atoms with Gasteiger partial charge in [0.15, 0.2) is 0 Å². The summed E-state index contributed by atoms with van der Waals surface area (Å²) in [5.74, 6) is -3.46. The van der Waals surface area contributed by atoms with Gasteiger partial charge in [0.25, 0.3) is 5.69 Å². The molecule has 0 heterocycles. The fourth-order valence-electron chi connectivity index (χ4n) is 2.55. The van der Waals surface area contributed by atoms with Crippen LogP contribution in [0.2, 0.25) is 0 Å². The lowest BCUT2D eigenvalue weighted by atomic mass is 9.97. The predicted molar refractivity (Wildman–Crippen MR) is 104 cm³/mol. The molecular weight excluding hydrogens is 396 g/mol. The summed E-state index contributed by atoms with van der Waals surface area (Å²) < 4.78 is 10.0. The average Bonchev–Trinajstić information content (AvgIpc) is 2.73. The van der Waals surface area contributed by atoms with E-state index < -0.39 is 40.0 Å². The van der Waals surface area contributed by atoms with Crippen LogP contribution in [0, 0.1) is 20.2 Å². The van der Waals surface area contributed by atoms with Gasteiger partial charge in [-0.3, -0.25) is 20.2 Å². The maximum Gasteiger partial charge on any atom is 0.374 e. The minimum absolute atomic E-state index is 0.0181. The molecule has 0 fully saturated rings. The molecule has 10 heteroatoms. The van der Waals surface area contributed by atoms with Gasteiger partial charge in [0.05, 0.1) is 23.0 Å². The maximum absolute atomic E-state index is 12.4. The van der Waals surface area contributed by atoms with E-state index in [2.05, 4.69) is 0 Å². The van der Waals surface area contributed by atoms with Gasteiger partial charge in [-0.1, -0.05) is 30.3 Å². The smallest absolute Gasteiger partial charge is 0.374 e. The quantitative estimate of drug-likeness (QED) is 0.200. The summed E-state index contributed by atoms with van der Waals surface area (Å²) in [6.45, 7) is 0.840. The van der Waals surface area contributed by atoms with Gasteiger partial charge in [0.1, 0.15) is 0 Å². The molecule has 0 aliphatic heterocycles. The molecule has 0 aliphatic carbocycles. The highest BCUT2D eigenvalue weighted by Crippen LogP contribution is 2.25. The van der Waals surface area contributed by atoms with E-state index in [0.717, 1.165) is 12.1 Å². The molecule has 2 aromatic carbocycles. The van der Waals surface area contributed by atoms with E-state index in [1.807, 2.05) is 0 Å². The second kappa shape index (κ2) is 10.5. The lowest BCUT2D eigenvalue weighted by Crippen LogP contribution is -2.18. The monoisotopic (exact) mass is 414 g/mol. The third kappa shape index (κ3) is 6.23. The lowest BCUT2D eigenvalue weighted by Gasteiger charge is -2.13. The molecule has 2 rings (SSSR count). The van der Waals surface area contributed by atoms with Crippen LogP contribution in [0.3, 0.4) is 0 Å². The van der Waals surface area contributed by atoms with Crippen molar-refractivity contribution in [1.82, 2.24) is 0 Å². The van der Waals surface area contributed by atoms with E-state index in [1.54, 1.807) is 25.1 Å². The van der Waals surface area contributed by atoms with E-state index in [-0.39, 0.29) is 23.4 Å². The summed E-state index contributed by atoms with van der Waals surface area (Å²) >= 11 is 0. The minimum atomic E-state index is -1.08. The van der Waals surface area contributed by atoms with E-state index in [0.29, 0.717) is 0 Å². The number of benzene rings is 2. The first kappa shape index (κ1) is 22.2. The first-order valence-corrected chi connectivity index (χ1v) is 8.84. The number of hydrogen-bond acceptors (Lipinski definition) is 8. The molecule has 1 atom stereocenters. The third-order valence-corrected chi connectivity index (χ3v) is 3.90. The second-order valence-electron chi connectivity index (χ2n) is 5.98. The summed E-state index contributed by atoms with van der Waals surface area (Å²) in [6.07, 6.45) is 1.07. The molecule has 0 radical (unpaired) electrons. The zero-order chi connectivity index (χ0) is 22.1. The molecule has 0 bridgehead atoms. The predicted octanol–water partition coefficient (Wildman–Crippen LogP) is 3.26. The zero-order valence-corrected chi connectivity index (χ0v) is 15.9. The van der Waals surface area contributed by atoms with Crippen LogP contribution >= 0.6 is 0 Å². The maximum atomic E-state index is 12.4. The van der Waals surface area contributed by atoms with Crippen molar-refractivity contribution in [2.75, 3.05) is 13.2 Å². The first-order chi connectivity index (χ1) is 14.3. The van der Waals surface area contributed by atoms with E-state index in [4.69, 9.17) is 9.47 Å². The van der Waals surface area contributed by atoms with E-state index in [1.165, 1.54) is 30.3 Å². The Morgan fingerprint density at radius 1 is 1.07 bits per heavy atom. The fraction of sp³-hybridized carbons (Fsp3) is 0.200. The van der Waals surface area contributed by atoms with Crippen LogP contribution in [0.5, 0.6) is 0 Å². The Morgan fingerprint density at radius 3 is 2.37 bits per heavy atom. The van der Waals surface area contributed by atoms with Gasteiger partial charge in [0.2, 0.25) is 12.3 Å². The SMILES string of the molecule is CCOC(=O)/C(=C/[C@@H](C[N+](=O)[O-])c1cccc([N+](=O)[O-])c1)OC(=O)c1ccccc1. The third-order valence-electron chi connectivity index (χ3n) is 3.90. The number of hydrogen-bond donors (Lipinski definition) is 0. The molecule has 0 aromatic heterocycles. The molecule has 156 valence electrons. The molecule has 10 nitrogen and oxygen atoms in total. The van der Waals surface area contributed by atoms with Crippen molar-refractivity contribution in [3.05, 3.63) is 97.8 Å². The average molecular weight is 414 g/mol. The number of carbonyl (C=O) groups excluding carboxylic acids is 2. The molecule has 0 saturated heterocycles. The number of esters is 2. The van der Waals surface area contributed by atoms with Crippen LogP contribution in [-0.4, -0.2) is 34.9 Å². The summed E-state index contributed by atoms with van der Waals surface area (Å²) in [7, 11) is 0. The lowest BCUT2D eigenvalue weighted by molar-refractivity contribution is -0.481. The van der Waals surface area contributed by atoms with Crippen molar-refractivity contribution in [3.8, 4) is 0 Å². The van der Waals surface area contributed by atoms with Crippen LogP contribution in [0.4, 0.5) is 5.69 Å². The number of nitro groups is 2. The van der Waals surface area contributed by atoms with Gasteiger partial charge in [-0.15, -0.1) is 0 Å². The molecule has 0 N–H and O–H groups in total. The van der Waals surface area contributed by atoms with E-state index >= 15 is 0 Å². The Morgan fingerprint density at radius 2 is 1.77 bits per heavy atom. The van der Waals surface area contributed by atoms with Gasteiger partial charge in [0, 0.05) is 17.1 Å². The van der Waals surface area contributed by atoms with Crippen molar-refractivity contribution in [2.24, 2.45) is 0 Å². The highest BCUT2D eigenvalue weighted by molar-refractivity contribution is 5.95. The van der Waals surface area contributed by atoms with Gasteiger partial charge in [-0.25, -0.2) is 9.59 Å². The highest BCUT2D eigenvalue weighted by Gasteiger charge is 2.25. The molecule has 30 heavy (non-hydrogen) atoms. The highest BCUT2D eigenvalue weighted by atomic mass is 16.6. The Labute approximate surface area is 171 Å². The van der Waals surface area contributed by atoms with Crippen molar-refractivity contribution >= 4 is 17.6 Å². The van der Waals surface area contributed by atoms with Crippen molar-refractivity contribution in [2.45, 2.75) is 12.8 Å². The Balaban J connectivity index is 2.45. The van der Waals surface area contributed by atoms with Crippen LogP contribution in [0.15, 0.2) is 66.4 Å². The normalized spacial score (nSPS) is 12.0. The van der Waals surface area contributed by atoms with Crippen molar-refractivity contribution in [3.63, 3.8) is 0 Å². The van der Waals surface area contributed by atoms with Crippen LogP contribution in [0.1, 0.15) is 28.8 Å². The first-order valence-electron chi connectivity index (χ1n) is 8.84. The van der Waals surface area contributed by atoms with Crippen LogP contribution < -0.4 is 0 Å². The summed E-state index contributed by atoms with van der Waals surface area (Å²) in [5, 5.41) is 22.2. The Kier molecular flexibility index (Phi) is 7.74. The topological polar surface area (TPSA) is 139 Å². The molecule has 0 aliphatic rings. The molecule has 0 unspecified atom stereocenters. The van der Waals surface area contributed by atoms with Gasteiger partial charge >= 0.3 is 11.9 Å².